The summed E-state index contributed by atoms with van der Waals surface area (Å²) in [5, 5.41) is 3.34. The Hall–Kier alpha value is -2.70. The molecule has 1 aromatic rings. The third-order valence-electron chi connectivity index (χ3n) is 6.06. The van der Waals surface area contributed by atoms with E-state index < -0.39 is 0 Å². The van der Waals surface area contributed by atoms with Crippen LogP contribution >= 0.6 is 0 Å². The largest absolute Gasteiger partial charge is 0.303 e. The molecular weight excluding hydrogens is 376 g/mol. The molecule has 2 heterocycles. The lowest BCUT2D eigenvalue weighted by Crippen LogP contribution is -2.63. The fourth-order valence-corrected chi connectivity index (χ4v) is 4.44. The molecule has 2 aliphatic rings. The minimum atomic E-state index is -0.257. The van der Waals surface area contributed by atoms with Gasteiger partial charge >= 0.3 is 0 Å². The van der Waals surface area contributed by atoms with E-state index in [1.807, 2.05) is 30.0 Å². The summed E-state index contributed by atoms with van der Waals surface area (Å²) < 4.78 is 0. The predicted molar refractivity (Wildman–Crippen MR) is 119 cm³/mol. The predicted octanol–water partition coefficient (Wildman–Crippen LogP) is 2.98. The van der Waals surface area contributed by atoms with Crippen molar-refractivity contribution in [1.82, 2.24) is 19.8 Å². The van der Waals surface area contributed by atoms with Crippen LogP contribution in [-0.4, -0.2) is 71.1 Å². The molecule has 2 amide bonds. The smallest absolute Gasteiger partial charge is 0.241 e. The maximum Gasteiger partial charge on any atom is 0.241 e. The molecule has 160 valence electrons. The van der Waals surface area contributed by atoms with Crippen LogP contribution in [0.15, 0.2) is 66.3 Å². The second kappa shape index (κ2) is 9.87. The summed E-state index contributed by atoms with van der Waals surface area (Å²) in [7, 11) is 1.79. The maximum atomic E-state index is 12.7. The van der Waals surface area contributed by atoms with Gasteiger partial charge in [-0.25, -0.2) is 5.01 Å². The molecule has 30 heavy (non-hydrogen) atoms. The highest BCUT2D eigenvalue weighted by atomic mass is 16.2. The van der Waals surface area contributed by atoms with Gasteiger partial charge in [0, 0.05) is 26.1 Å². The van der Waals surface area contributed by atoms with Crippen LogP contribution in [0.5, 0.6) is 0 Å². The highest BCUT2D eigenvalue weighted by Gasteiger charge is 2.47. The zero-order valence-corrected chi connectivity index (χ0v) is 18.3. The zero-order valence-electron chi connectivity index (χ0n) is 18.3. The molecule has 6 heteroatoms. The Morgan fingerprint density at radius 3 is 2.57 bits per heavy atom. The lowest BCUT2D eigenvalue weighted by molar-refractivity contribution is -0.173. The van der Waals surface area contributed by atoms with Crippen molar-refractivity contribution < 1.29 is 9.59 Å². The standard InChI is InChI=1S/C24H32N4O2/c1-5-7-9-12-20(6-2)22(21-13-10-8-11-14-21)15-26-16-23-27(18-29)25(4)17-24(30)28(23)19(26)3/h5-14,18-19,22-23H,15-17H2,1-4H3/b7-5-,12-9-,20-6+. The van der Waals surface area contributed by atoms with Gasteiger partial charge in [-0.2, -0.15) is 0 Å². The molecule has 0 aliphatic carbocycles. The van der Waals surface area contributed by atoms with Crippen LogP contribution in [0.3, 0.4) is 0 Å². The Morgan fingerprint density at radius 2 is 1.93 bits per heavy atom. The van der Waals surface area contributed by atoms with Crippen LogP contribution < -0.4 is 0 Å². The number of rotatable bonds is 7. The van der Waals surface area contributed by atoms with Crippen molar-refractivity contribution in [1.29, 1.82) is 0 Å². The summed E-state index contributed by atoms with van der Waals surface area (Å²) in [5.74, 6) is 0.227. The molecule has 2 saturated heterocycles. The van der Waals surface area contributed by atoms with Crippen molar-refractivity contribution >= 4 is 12.3 Å². The van der Waals surface area contributed by atoms with Crippen molar-refractivity contribution in [2.45, 2.75) is 39.0 Å². The minimum Gasteiger partial charge on any atom is -0.303 e. The van der Waals surface area contributed by atoms with Gasteiger partial charge in [0.15, 0.2) is 0 Å². The average Bonchev–Trinajstić information content (AvgIpc) is 3.07. The van der Waals surface area contributed by atoms with Gasteiger partial charge in [-0.3, -0.25) is 19.5 Å². The number of fused-ring (bicyclic) bond motifs is 1. The molecule has 0 N–H and O–H groups in total. The monoisotopic (exact) mass is 408 g/mol. The van der Waals surface area contributed by atoms with E-state index in [4.69, 9.17) is 0 Å². The summed E-state index contributed by atoms with van der Waals surface area (Å²) in [4.78, 5) is 28.5. The lowest BCUT2D eigenvalue weighted by atomic mass is 9.89. The quantitative estimate of drug-likeness (QED) is 0.514. The van der Waals surface area contributed by atoms with E-state index in [0.717, 1.165) is 13.0 Å². The molecule has 0 bridgehead atoms. The van der Waals surface area contributed by atoms with Gasteiger partial charge in [-0.15, -0.1) is 0 Å². The SMILES string of the molecule is C\C=C/C=C\C(=C/C)C(CN1CC2N(C(=O)CN(C)N2C=O)C1C)c1ccccc1. The number of hydrazine groups is 1. The van der Waals surface area contributed by atoms with E-state index in [0.29, 0.717) is 6.54 Å². The van der Waals surface area contributed by atoms with Gasteiger partial charge in [0.05, 0.1) is 12.7 Å². The number of carbonyl (C=O) groups excluding carboxylic acids is 2. The Kier molecular flexibility index (Phi) is 7.24. The van der Waals surface area contributed by atoms with Gasteiger partial charge in [0.2, 0.25) is 12.3 Å². The van der Waals surface area contributed by atoms with E-state index in [9.17, 15) is 9.59 Å². The number of hydrogen-bond donors (Lipinski definition) is 0. The van der Waals surface area contributed by atoms with E-state index >= 15 is 0 Å². The highest BCUT2D eigenvalue weighted by Crippen LogP contribution is 2.32. The van der Waals surface area contributed by atoms with Crippen LogP contribution in [0.4, 0.5) is 0 Å². The molecule has 3 unspecified atom stereocenters. The van der Waals surface area contributed by atoms with Crippen LogP contribution in [0, 0.1) is 0 Å². The van der Waals surface area contributed by atoms with Gasteiger partial charge in [-0.1, -0.05) is 60.7 Å². The number of nitrogens with zero attached hydrogens (tertiary/aromatic N) is 4. The first-order valence-electron chi connectivity index (χ1n) is 10.5. The molecular formula is C24H32N4O2. The number of allylic oxidation sites excluding steroid dienone is 5. The summed E-state index contributed by atoms with van der Waals surface area (Å²) in [6.07, 6.45) is 10.9. The van der Waals surface area contributed by atoms with Crippen LogP contribution in [-0.2, 0) is 9.59 Å². The van der Waals surface area contributed by atoms with Gasteiger partial charge < -0.3 is 4.90 Å². The second-order valence-electron chi connectivity index (χ2n) is 7.81. The van der Waals surface area contributed by atoms with Crippen molar-refractivity contribution in [3.8, 4) is 0 Å². The fourth-order valence-electron chi connectivity index (χ4n) is 4.44. The second-order valence-corrected chi connectivity index (χ2v) is 7.81. The molecule has 0 spiro atoms. The van der Waals surface area contributed by atoms with Crippen molar-refractivity contribution in [2.24, 2.45) is 0 Å². The van der Waals surface area contributed by atoms with Crippen LogP contribution in [0.1, 0.15) is 32.3 Å². The van der Waals surface area contributed by atoms with Gasteiger partial charge in [0.1, 0.15) is 6.17 Å². The summed E-state index contributed by atoms with van der Waals surface area (Å²) in [5.41, 5.74) is 2.47. The van der Waals surface area contributed by atoms with Crippen molar-refractivity contribution in [3.63, 3.8) is 0 Å². The van der Waals surface area contributed by atoms with Crippen molar-refractivity contribution in [3.05, 3.63) is 71.8 Å². The topological polar surface area (TPSA) is 47.1 Å². The Morgan fingerprint density at radius 1 is 1.20 bits per heavy atom. The summed E-state index contributed by atoms with van der Waals surface area (Å²) >= 11 is 0. The molecule has 0 aromatic heterocycles. The first-order valence-corrected chi connectivity index (χ1v) is 10.5. The van der Waals surface area contributed by atoms with E-state index in [2.05, 4.69) is 61.2 Å². The van der Waals surface area contributed by atoms with Gasteiger partial charge in [-0.05, 0) is 31.9 Å². The van der Waals surface area contributed by atoms with Crippen molar-refractivity contribution in [2.75, 3.05) is 26.7 Å². The van der Waals surface area contributed by atoms with E-state index in [1.165, 1.54) is 11.1 Å². The molecule has 6 nitrogen and oxygen atoms in total. The Balaban J connectivity index is 1.89. The van der Waals surface area contributed by atoms with Crippen LogP contribution in [0.2, 0.25) is 0 Å². The molecule has 2 fully saturated rings. The summed E-state index contributed by atoms with van der Waals surface area (Å²) in [6.45, 7) is 7.75. The van der Waals surface area contributed by atoms with E-state index in [-0.39, 0.29) is 30.7 Å². The average molecular weight is 409 g/mol. The number of hydrogen-bond acceptors (Lipinski definition) is 4. The molecule has 2 aliphatic heterocycles. The van der Waals surface area contributed by atoms with E-state index in [1.54, 1.807) is 17.1 Å². The zero-order chi connectivity index (χ0) is 21.7. The molecule has 0 radical (unpaired) electrons. The maximum absolute atomic E-state index is 12.7. The normalized spacial score (nSPS) is 24.8. The minimum absolute atomic E-state index is 0.0612. The number of benzene rings is 1. The summed E-state index contributed by atoms with van der Waals surface area (Å²) in [6, 6.07) is 10.5. The fraction of sp³-hybridized carbons (Fsp3) is 0.417. The first kappa shape index (κ1) is 22.0. The number of amides is 2. The first-order chi connectivity index (χ1) is 14.5. The van der Waals surface area contributed by atoms with Crippen LogP contribution in [0.25, 0.3) is 0 Å². The highest BCUT2D eigenvalue weighted by molar-refractivity contribution is 5.80. The lowest BCUT2D eigenvalue weighted by Gasteiger charge is -2.43. The number of likely N-dealkylation sites (N-methyl/N-ethyl adjacent to an activating group) is 1. The molecule has 3 rings (SSSR count). The molecule has 0 saturated carbocycles. The molecule has 1 aromatic carbocycles. The third kappa shape index (κ3) is 4.40. The van der Waals surface area contributed by atoms with Gasteiger partial charge in [0.25, 0.3) is 0 Å². The number of carbonyl (C=O) groups is 2. The third-order valence-corrected chi connectivity index (χ3v) is 6.06. The Labute approximate surface area is 179 Å². The molecule has 3 atom stereocenters. The Bertz CT molecular complexity index is 833.